The van der Waals surface area contributed by atoms with Gasteiger partial charge < -0.3 is 10.1 Å². The zero-order chi connectivity index (χ0) is 16.8. The highest BCUT2D eigenvalue weighted by Crippen LogP contribution is 2.28. The number of nitrogens with one attached hydrogen (secondary N) is 1. The molecule has 1 N–H and O–H groups in total. The first-order valence-corrected chi connectivity index (χ1v) is 10.5. The molecule has 0 spiro atoms. The van der Waals surface area contributed by atoms with Gasteiger partial charge >= 0.3 is 5.97 Å². The van der Waals surface area contributed by atoms with Gasteiger partial charge in [-0.25, -0.2) is 0 Å². The maximum atomic E-state index is 11.9. The van der Waals surface area contributed by atoms with Crippen LogP contribution in [0.1, 0.15) is 57.8 Å². The molecule has 0 amide bonds. The lowest BCUT2D eigenvalue weighted by Crippen LogP contribution is -2.30. The van der Waals surface area contributed by atoms with E-state index in [2.05, 4.69) is 15.5 Å². The Morgan fingerprint density at radius 1 is 1.17 bits per heavy atom. The Morgan fingerprint density at radius 3 is 2.75 bits per heavy atom. The zero-order valence-corrected chi connectivity index (χ0v) is 15.3. The molecule has 0 aromatic carbocycles. The van der Waals surface area contributed by atoms with Gasteiger partial charge in [-0.1, -0.05) is 42.4 Å². The Hall–Kier alpha value is -1.15. The average molecular weight is 370 g/mol. The fourth-order valence-corrected chi connectivity index (χ4v) is 4.75. The number of anilines is 1. The van der Waals surface area contributed by atoms with E-state index in [1.165, 1.54) is 55.2 Å². The Balaban J connectivity index is 1.41. The van der Waals surface area contributed by atoms with Crippen LogP contribution in [0.3, 0.4) is 0 Å². The number of hydrogen-bond donors (Lipinski definition) is 1. The molecule has 0 radical (unpaired) electrons. The Kier molecular flexibility index (Phi) is 6.48. The van der Waals surface area contributed by atoms with Crippen LogP contribution in [-0.2, 0) is 14.3 Å². The summed E-state index contributed by atoms with van der Waals surface area (Å²) in [4.78, 5) is 23.6. The molecule has 132 valence electrons. The van der Waals surface area contributed by atoms with E-state index in [0.717, 1.165) is 22.3 Å². The van der Waals surface area contributed by atoms with Crippen LogP contribution in [0.4, 0.5) is 5.13 Å². The molecule has 0 aliphatic heterocycles. The molecular weight excluding hydrogens is 346 g/mol. The summed E-state index contributed by atoms with van der Waals surface area (Å²) in [6.07, 6.45) is 8.72. The first kappa shape index (κ1) is 17.7. The molecular formula is C16H23N3O3S2. The Bertz CT molecular complexity index is 573. The molecule has 8 heteroatoms. The number of ketones is 1. The van der Waals surface area contributed by atoms with E-state index in [0.29, 0.717) is 18.9 Å². The van der Waals surface area contributed by atoms with E-state index in [9.17, 15) is 9.59 Å². The van der Waals surface area contributed by atoms with Gasteiger partial charge in [-0.2, -0.15) is 0 Å². The van der Waals surface area contributed by atoms with E-state index in [-0.39, 0.29) is 17.5 Å². The van der Waals surface area contributed by atoms with Crippen LogP contribution in [-0.4, -0.2) is 39.8 Å². The van der Waals surface area contributed by atoms with Crippen LogP contribution in [0.25, 0.3) is 0 Å². The van der Waals surface area contributed by atoms with Gasteiger partial charge in [0.05, 0.1) is 5.75 Å². The van der Waals surface area contributed by atoms with Gasteiger partial charge in [-0.05, 0) is 32.1 Å². The molecule has 2 aliphatic rings. The van der Waals surface area contributed by atoms with Crippen LogP contribution in [0, 0.1) is 0 Å². The average Bonchev–Trinajstić information content (AvgIpc) is 3.03. The number of Topliss-reactive ketones (excluding diaryl/α,β-unsaturated/α-hetero) is 1. The Labute approximate surface area is 150 Å². The van der Waals surface area contributed by atoms with Crippen molar-refractivity contribution in [2.24, 2.45) is 0 Å². The van der Waals surface area contributed by atoms with Crippen molar-refractivity contribution in [1.82, 2.24) is 10.2 Å². The lowest BCUT2D eigenvalue weighted by atomic mass is 9.96. The molecule has 0 saturated heterocycles. The second kappa shape index (κ2) is 8.80. The van der Waals surface area contributed by atoms with Crippen molar-refractivity contribution in [2.45, 2.75) is 74.3 Å². The fourth-order valence-electron chi connectivity index (χ4n) is 3.14. The first-order chi connectivity index (χ1) is 11.7. The summed E-state index contributed by atoms with van der Waals surface area (Å²) in [5.74, 6) is -0.131. The number of ether oxygens (including phenoxy) is 1. The summed E-state index contributed by atoms with van der Waals surface area (Å²) in [5, 5.41) is 12.5. The number of aromatic nitrogens is 2. The van der Waals surface area contributed by atoms with Gasteiger partial charge in [0.1, 0.15) is 0 Å². The number of esters is 1. The number of carbonyl (C=O) groups excluding carboxylic acids is 2. The number of nitrogens with zero attached hydrogens (tertiary/aromatic N) is 2. The fraction of sp³-hybridized carbons (Fsp3) is 0.750. The molecule has 1 aromatic heterocycles. The normalized spacial score (nSPS) is 22.3. The highest BCUT2D eigenvalue weighted by atomic mass is 32.2. The smallest absolute Gasteiger partial charge is 0.317 e. The predicted molar refractivity (Wildman–Crippen MR) is 94.5 cm³/mol. The van der Waals surface area contributed by atoms with Crippen molar-refractivity contribution in [2.75, 3.05) is 11.1 Å². The molecule has 2 saturated carbocycles. The van der Waals surface area contributed by atoms with Crippen molar-refractivity contribution in [3.8, 4) is 0 Å². The third kappa shape index (κ3) is 5.17. The summed E-state index contributed by atoms with van der Waals surface area (Å²) in [6.45, 7) is 0. The van der Waals surface area contributed by atoms with E-state index in [1.807, 2.05) is 0 Å². The van der Waals surface area contributed by atoms with E-state index in [4.69, 9.17) is 4.74 Å². The van der Waals surface area contributed by atoms with Gasteiger partial charge in [0.25, 0.3) is 0 Å². The molecule has 2 fully saturated rings. The van der Waals surface area contributed by atoms with Crippen molar-refractivity contribution < 1.29 is 14.3 Å². The van der Waals surface area contributed by atoms with E-state index < -0.39 is 6.10 Å². The van der Waals surface area contributed by atoms with Crippen LogP contribution >= 0.6 is 23.1 Å². The minimum atomic E-state index is -0.537. The molecule has 6 nitrogen and oxygen atoms in total. The molecule has 1 atom stereocenters. The summed E-state index contributed by atoms with van der Waals surface area (Å²) in [7, 11) is 0. The lowest BCUT2D eigenvalue weighted by molar-refractivity contribution is -0.154. The summed E-state index contributed by atoms with van der Waals surface area (Å²) in [6, 6.07) is 0.492. The topological polar surface area (TPSA) is 81.2 Å². The Morgan fingerprint density at radius 2 is 1.96 bits per heavy atom. The van der Waals surface area contributed by atoms with E-state index in [1.54, 1.807) is 0 Å². The van der Waals surface area contributed by atoms with Crippen LogP contribution < -0.4 is 5.32 Å². The molecule has 0 bridgehead atoms. The maximum absolute atomic E-state index is 11.9. The quantitative estimate of drug-likeness (QED) is 0.608. The molecule has 24 heavy (non-hydrogen) atoms. The minimum Gasteiger partial charge on any atom is -0.454 e. The van der Waals surface area contributed by atoms with Crippen LogP contribution in [0.5, 0.6) is 0 Å². The number of rotatable bonds is 6. The van der Waals surface area contributed by atoms with Gasteiger partial charge in [-0.3, -0.25) is 9.59 Å². The second-order valence-electron chi connectivity index (χ2n) is 6.33. The highest BCUT2D eigenvalue weighted by molar-refractivity contribution is 8.01. The van der Waals surface area contributed by atoms with Gasteiger partial charge in [0.15, 0.2) is 16.2 Å². The zero-order valence-electron chi connectivity index (χ0n) is 13.7. The summed E-state index contributed by atoms with van der Waals surface area (Å²) in [5.41, 5.74) is 0. The third-order valence-corrected chi connectivity index (χ3v) is 6.39. The summed E-state index contributed by atoms with van der Waals surface area (Å²) >= 11 is 2.79. The minimum absolute atomic E-state index is 0.0504. The first-order valence-electron chi connectivity index (χ1n) is 8.66. The van der Waals surface area contributed by atoms with Crippen LogP contribution in [0.2, 0.25) is 0 Å². The second-order valence-corrected chi connectivity index (χ2v) is 8.53. The van der Waals surface area contributed by atoms with E-state index >= 15 is 0 Å². The highest BCUT2D eigenvalue weighted by Gasteiger charge is 2.25. The largest absolute Gasteiger partial charge is 0.454 e. The van der Waals surface area contributed by atoms with Crippen LogP contribution in [0.15, 0.2) is 4.34 Å². The predicted octanol–water partition coefficient (Wildman–Crippen LogP) is 3.43. The van der Waals surface area contributed by atoms with Crippen molar-refractivity contribution in [3.63, 3.8) is 0 Å². The molecule has 1 heterocycles. The number of carbonyl (C=O) groups is 2. The number of hydrogen-bond acceptors (Lipinski definition) is 8. The lowest BCUT2D eigenvalue weighted by Gasteiger charge is -2.21. The van der Waals surface area contributed by atoms with Crippen molar-refractivity contribution in [3.05, 3.63) is 0 Å². The molecule has 0 unspecified atom stereocenters. The molecule has 1 aromatic rings. The van der Waals surface area contributed by atoms with Gasteiger partial charge in [-0.15, -0.1) is 10.2 Å². The maximum Gasteiger partial charge on any atom is 0.317 e. The monoisotopic (exact) mass is 369 g/mol. The molecule has 3 rings (SSSR count). The third-order valence-electron chi connectivity index (χ3n) is 4.43. The SMILES string of the molecule is O=C(CSc1nnc(NC2CCCCC2)s1)O[C@H]1CCCCC1=O. The van der Waals surface area contributed by atoms with Gasteiger partial charge in [0.2, 0.25) is 5.13 Å². The van der Waals surface area contributed by atoms with Gasteiger partial charge in [0, 0.05) is 12.5 Å². The van der Waals surface area contributed by atoms with Crippen molar-refractivity contribution in [1.29, 1.82) is 0 Å². The standard InChI is InChI=1S/C16H23N3O3S2/c20-12-8-4-5-9-13(12)22-14(21)10-23-16-19-18-15(24-16)17-11-6-2-1-3-7-11/h11,13H,1-10H2,(H,17,18)/t13-/m0/s1. The molecule has 2 aliphatic carbocycles. The number of thioether (sulfide) groups is 1. The summed E-state index contributed by atoms with van der Waals surface area (Å²) < 4.78 is 6.04. The van der Waals surface area contributed by atoms with Crippen molar-refractivity contribution >= 4 is 40.0 Å².